The molecule has 4 heterocycles. The average molecular weight is 424 g/mol. The van der Waals surface area contributed by atoms with Gasteiger partial charge in [-0.15, -0.1) is 11.3 Å². The molecule has 5 nitrogen and oxygen atoms in total. The van der Waals surface area contributed by atoms with Crippen LogP contribution in [-0.2, 0) is 0 Å². The number of thiophene rings is 1. The Bertz CT molecular complexity index is 1420. The molecular formula is C25H21N5S. The number of benzene rings is 1. The van der Waals surface area contributed by atoms with E-state index in [4.69, 9.17) is 4.98 Å². The van der Waals surface area contributed by atoms with Gasteiger partial charge in [0.25, 0.3) is 0 Å². The van der Waals surface area contributed by atoms with Gasteiger partial charge in [-0.25, -0.2) is 4.98 Å². The highest BCUT2D eigenvalue weighted by molar-refractivity contribution is 7.13. The zero-order valence-corrected chi connectivity index (χ0v) is 18.1. The number of allylic oxidation sites excluding steroid dienone is 2. The first-order valence-electron chi connectivity index (χ1n) is 10.0. The largest absolute Gasteiger partial charge is 0.340 e. The molecule has 0 saturated carbocycles. The molecule has 0 amide bonds. The quantitative estimate of drug-likeness (QED) is 0.325. The van der Waals surface area contributed by atoms with Crippen LogP contribution in [0.15, 0.2) is 73.5 Å². The maximum atomic E-state index is 4.95. The number of imidazole rings is 1. The van der Waals surface area contributed by atoms with Crippen LogP contribution in [0.4, 0.5) is 0 Å². The summed E-state index contributed by atoms with van der Waals surface area (Å²) in [5, 5.41) is 8.69. The fraction of sp³-hybridized carbons (Fsp3) is 0.0800. The van der Waals surface area contributed by atoms with Crippen LogP contribution in [0.1, 0.15) is 21.1 Å². The Labute approximate surface area is 184 Å². The highest BCUT2D eigenvalue weighted by atomic mass is 32.1. The summed E-state index contributed by atoms with van der Waals surface area (Å²) in [6, 6.07) is 16.4. The molecule has 31 heavy (non-hydrogen) atoms. The van der Waals surface area contributed by atoms with Gasteiger partial charge in [-0.2, -0.15) is 5.10 Å². The van der Waals surface area contributed by atoms with Crippen molar-refractivity contribution in [2.45, 2.75) is 13.8 Å². The number of aromatic amines is 2. The third-order valence-electron chi connectivity index (χ3n) is 5.18. The Balaban J connectivity index is 1.61. The Kier molecular flexibility index (Phi) is 4.84. The third-order valence-corrected chi connectivity index (χ3v) is 6.21. The summed E-state index contributed by atoms with van der Waals surface area (Å²) in [7, 11) is 0. The van der Waals surface area contributed by atoms with Crippen LogP contribution in [0.3, 0.4) is 0 Å². The molecule has 4 aromatic heterocycles. The first-order valence-corrected chi connectivity index (χ1v) is 10.8. The van der Waals surface area contributed by atoms with Crippen LogP contribution < -0.4 is 0 Å². The van der Waals surface area contributed by atoms with Gasteiger partial charge in [-0.05, 0) is 50.2 Å². The van der Waals surface area contributed by atoms with E-state index in [9.17, 15) is 0 Å². The van der Waals surface area contributed by atoms with E-state index in [1.807, 2.05) is 37.3 Å². The van der Waals surface area contributed by atoms with Crippen molar-refractivity contribution in [3.63, 3.8) is 0 Å². The van der Waals surface area contributed by atoms with Crippen molar-refractivity contribution < 1.29 is 0 Å². The van der Waals surface area contributed by atoms with Crippen molar-refractivity contribution in [1.82, 2.24) is 25.1 Å². The van der Waals surface area contributed by atoms with E-state index < -0.39 is 0 Å². The van der Waals surface area contributed by atoms with Gasteiger partial charge in [0.15, 0.2) is 5.82 Å². The Morgan fingerprint density at radius 3 is 2.74 bits per heavy atom. The first kappa shape index (κ1) is 19.2. The molecule has 0 aliphatic heterocycles. The summed E-state index contributed by atoms with van der Waals surface area (Å²) >= 11 is 1.75. The predicted molar refractivity (Wildman–Crippen MR) is 128 cm³/mol. The first-order chi connectivity index (χ1) is 15.1. The van der Waals surface area contributed by atoms with Gasteiger partial charge in [0.2, 0.25) is 0 Å². The summed E-state index contributed by atoms with van der Waals surface area (Å²) in [5.41, 5.74) is 6.68. The van der Waals surface area contributed by atoms with Crippen LogP contribution in [0.2, 0.25) is 0 Å². The van der Waals surface area contributed by atoms with E-state index in [-0.39, 0.29) is 0 Å². The minimum Gasteiger partial charge on any atom is -0.340 e. The highest BCUT2D eigenvalue weighted by Crippen LogP contribution is 2.33. The monoisotopic (exact) mass is 423 g/mol. The van der Waals surface area contributed by atoms with Gasteiger partial charge < -0.3 is 4.98 Å². The molecule has 0 aliphatic rings. The van der Waals surface area contributed by atoms with Gasteiger partial charge in [0.05, 0.1) is 16.9 Å². The summed E-state index contributed by atoms with van der Waals surface area (Å²) in [4.78, 5) is 15.3. The van der Waals surface area contributed by atoms with Crippen molar-refractivity contribution in [2.75, 3.05) is 0 Å². The van der Waals surface area contributed by atoms with E-state index in [1.54, 1.807) is 23.6 Å². The molecule has 0 fully saturated rings. The smallest absolute Gasteiger partial charge is 0.159 e. The zero-order chi connectivity index (χ0) is 21.4. The summed E-state index contributed by atoms with van der Waals surface area (Å²) < 4.78 is 0. The van der Waals surface area contributed by atoms with Gasteiger partial charge in [-0.1, -0.05) is 30.9 Å². The average Bonchev–Trinajstić information content (AvgIpc) is 3.50. The topological polar surface area (TPSA) is 70.2 Å². The number of aromatic nitrogens is 5. The van der Waals surface area contributed by atoms with Crippen LogP contribution in [0.25, 0.3) is 39.3 Å². The van der Waals surface area contributed by atoms with Gasteiger partial charge in [0.1, 0.15) is 5.69 Å². The number of fused-ring (bicyclic) bond motifs is 1. The molecule has 0 radical (unpaired) electrons. The van der Waals surface area contributed by atoms with E-state index >= 15 is 0 Å². The van der Waals surface area contributed by atoms with Gasteiger partial charge in [0, 0.05) is 38.2 Å². The van der Waals surface area contributed by atoms with Gasteiger partial charge >= 0.3 is 0 Å². The fourth-order valence-electron chi connectivity index (χ4n) is 3.70. The highest BCUT2D eigenvalue weighted by Gasteiger charge is 2.18. The molecule has 0 saturated heterocycles. The maximum Gasteiger partial charge on any atom is 0.159 e. The van der Waals surface area contributed by atoms with Crippen LogP contribution in [-0.4, -0.2) is 25.1 Å². The Morgan fingerprint density at radius 2 is 2.00 bits per heavy atom. The summed E-state index contributed by atoms with van der Waals surface area (Å²) in [5.74, 6) is 0.736. The maximum absolute atomic E-state index is 4.95. The third kappa shape index (κ3) is 3.51. The molecular weight excluding hydrogens is 402 g/mol. The second kappa shape index (κ2) is 7.81. The molecule has 0 aliphatic carbocycles. The lowest BCUT2D eigenvalue weighted by Crippen LogP contribution is -1.88. The molecule has 5 rings (SSSR count). The second-order valence-electron chi connectivity index (χ2n) is 7.33. The summed E-state index contributed by atoms with van der Waals surface area (Å²) in [6.07, 6.45) is 5.62. The van der Waals surface area contributed by atoms with Crippen LogP contribution >= 0.6 is 11.3 Å². The van der Waals surface area contributed by atoms with Crippen LogP contribution in [0, 0.1) is 13.8 Å². The van der Waals surface area contributed by atoms with E-state index in [0.717, 1.165) is 50.6 Å². The number of hydrogen-bond donors (Lipinski definition) is 2. The molecule has 0 unspecified atom stereocenters. The fourth-order valence-corrected chi connectivity index (χ4v) is 4.59. The molecule has 152 valence electrons. The van der Waals surface area contributed by atoms with E-state index in [0.29, 0.717) is 0 Å². The zero-order valence-electron chi connectivity index (χ0n) is 17.3. The van der Waals surface area contributed by atoms with Crippen molar-refractivity contribution in [2.24, 2.45) is 0 Å². The second-order valence-corrected chi connectivity index (χ2v) is 8.62. The molecule has 6 heteroatoms. The minimum absolute atomic E-state index is 0.736. The molecule has 1 aromatic carbocycles. The Hall–Kier alpha value is -3.77. The van der Waals surface area contributed by atoms with Crippen LogP contribution in [0.5, 0.6) is 0 Å². The number of rotatable bonds is 5. The van der Waals surface area contributed by atoms with E-state index in [1.165, 1.54) is 9.75 Å². The SMILES string of the molecule is C=C/C=C(/c1ccc(C)s1)c1nc(-c2n[nH]c3ccc(-c4ccccn4)cc23)[nH]c1C. The minimum atomic E-state index is 0.736. The van der Waals surface area contributed by atoms with Crippen molar-refractivity contribution in [3.8, 4) is 22.8 Å². The number of hydrogen-bond acceptors (Lipinski definition) is 4. The lowest BCUT2D eigenvalue weighted by molar-refractivity contribution is 1.10. The molecule has 0 atom stereocenters. The predicted octanol–water partition coefficient (Wildman–Crippen LogP) is 6.31. The van der Waals surface area contributed by atoms with Gasteiger partial charge in [-0.3, -0.25) is 10.1 Å². The van der Waals surface area contributed by atoms with Crippen molar-refractivity contribution in [3.05, 3.63) is 94.6 Å². The number of nitrogens with zero attached hydrogens (tertiary/aromatic N) is 3. The van der Waals surface area contributed by atoms with E-state index in [2.05, 4.69) is 57.9 Å². The number of H-pyrrole nitrogens is 2. The normalized spacial score (nSPS) is 11.9. The van der Waals surface area contributed by atoms with Crippen molar-refractivity contribution >= 4 is 27.8 Å². The molecule has 2 N–H and O–H groups in total. The lowest BCUT2D eigenvalue weighted by atomic mass is 10.1. The molecule has 0 bridgehead atoms. The number of pyridine rings is 1. The lowest BCUT2D eigenvalue weighted by Gasteiger charge is -2.02. The standard InChI is InChI=1S/C25H21N5S/c1-4-7-18(22-12-9-15(2)31-22)23-16(3)27-25(28-23)24-19-14-17(10-11-21(19)29-30-24)20-8-5-6-13-26-20/h4-14H,1H2,2-3H3,(H,27,28)(H,29,30)/b18-7-. The molecule has 0 spiro atoms. The summed E-state index contributed by atoms with van der Waals surface area (Å²) in [6.45, 7) is 8.04. The molecule has 5 aromatic rings. The Morgan fingerprint density at radius 1 is 1.10 bits per heavy atom. The number of aryl methyl sites for hydroxylation is 2. The number of nitrogens with one attached hydrogen (secondary N) is 2. The van der Waals surface area contributed by atoms with Crippen molar-refractivity contribution in [1.29, 1.82) is 0 Å².